The van der Waals surface area contributed by atoms with Crippen LogP contribution in [0.4, 0.5) is 13.2 Å². The second kappa shape index (κ2) is 5.22. The number of rotatable bonds is 2. The molecule has 0 bridgehead atoms. The summed E-state index contributed by atoms with van der Waals surface area (Å²) in [6, 6.07) is 3.18. The second-order valence-electron chi connectivity index (χ2n) is 2.87. The van der Waals surface area contributed by atoms with Crippen LogP contribution in [0.5, 0.6) is 0 Å². The quantitative estimate of drug-likeness (QED) is 0.822. The van der Waals surface area contributed by atoms with Crippen molar-refractivity contribution in [2.45, 2.75) is 19.4 Å². The molecular weight excluding hydrogens is 215 g/mol. The fourth-order valence-electron chi connectivity index (χ4n) is 1.00. The third-order valence-corrected chi connectivity index (χ3v) is 1.79. The van der Waals surface area contributed by atoms with E-state index in [1.54, 1.807) is 6.92 Å². The van der Waals surface area contributed by atoms with Crippen LogP contribution in [0, 0.1) is 5.82 Å². The third kappa shape index (κ3) is 2.89. The summed E-state index contributed by atoms with van der Waals surface area (Å²) in [6.45, 7) is 1.66. The first-order chi connectivity index (χ1) is 6.02. The summed E-state index contributed by atoms with van der Waals surface area (Å²) in [5.74, 6) is -0.898. The van der Waals surface area contributed by atoms with Crippen molar-refractivity contribution in [2.24, 2.45) is 5.73 Å². The van der Waals surface area contributed by atoms with Gasteiger partial charge in [0.1, 0.15) is 5.82 Å². The van der Waals surface area contributed by atoms with Gasteiger partial charge in [0.25, 0.3) is 6.43 Å². The normalized spacial score (nSPS) is 12.4. The van der Waals surface area contributed by atoms with Crippen LogP contribution in [0.15, 0.2) is 18.2 Å². The van der Waals surface area contributed by atoms with Crippen LogP contribution in [-0.4, -0.2) is 0 Å². The number of hydrogen-bond donors (Lipinski definition) is 1. The number of nitrogens with two attached hydrogens (primary N) is 1. The third-order valence-electron chi connectivity index (χ3n) is 1.79. The molecule has 0 amide bonds. The van der Waals surface area contributed by atoms with Crippen LogP contribution in [0.25, 0.3) is 0 Å². The molecule has 0 saturated carbocycles. The molecule has 1 aromatic rings. The molecule has 1 aromatic carbocycles. The van der Waals surface area contributed by atoms with E-state index in [9.17, 15) is 13.2 Å². The van der Waals surface area contributed by atoms with Crippen molar-refractivity contribution in [2.75, 3.05) is 0 Å². The minimum absolute atomic E-state index is 0. The molecule has 80 valence electrons. The zero-order valence-corrected chi connectivity index (χ0v) is 8.32. The Morgan fingerprint density at radius 3 is 2.21 bits per heavy atom. The van der Waals surface area contributed by atoms with E-state index in [1.807, 2.05) is 0 Å². The van der Waals surface area contributed by atoms with Gasteiger partial charge in [-0.1, -0.05) is 12.1 Å². The Kier molecular flexibility index (Phi) is 4.94. The molecule has 0 heterocycles. The highest BCUT2D eigenvalue weighted by Crippen LogP contribution is 2.23. The van der Waals surface area contributed by atoms with Crippen molar-refractivity contribution >= 4 is 12.4 Å². The average molecular weight is 226 g/mol. The van der Waals surface area contributed by atoms with Gasteiger partial charge in [-0.15, -0.1) is 12.4 Å². The molecule has 0 aromatic heterocycles. The lowest BCUT2D eigenvalue weighted by molar-refractivity contribution is 0.146. The van der Waals surface area contributed by atoms with Crippen molar-refractivity contribution in [3.63, 3.8) is 0 Å². The van der Waals surface area contributed by atoms with Crippen LogP contribution in [0.1, 0.15) is 30.5 Å². The van der Waals surface area contributed by atoms with Crippen molar-refractivity contribution in [3.05, 3.63) is 35.1 Å². The zero-order chi connectivity index (χ0) is 10.0. The van der Waals surface area contributed by atoms with E-state index in [2.05, 4.69) is 0 Å². The molecule has 0 unspecified atom stereocenters. The first kappa shape index (κ1) is 13.3. The minimum Gasteiger partial charge on any atom is -0.324 e. The highest BCUT2D eigenvalue weighted by atomic mass is 35.5. The first-order valence-corrected chi connectivity index (χ1v) is 3.85. The standard InChI is InChI=1S/C9H10F3N.ClH/c1-5(13)6-2-3-7(9(11)12)8(10)4-6;/h2-5,9H,13H2,1H3;1H/t5-;/m1./s1. The van der Waals surface area contributed by atoms with Crippen molar-refractivity contribution in [1.29, 1.82) is 0 Å². The highest BCUT2D eigenvalue weighted by molar-refractivity contribution is 5.85. The van der Waals surface area contributed by atoms with Gasteiger partial charge in [0.05, 0.1) is 5.56 Å². The maximum Gasteiger partial charge on any atom is 0.266 e. The summed E-state index contributed by atoms with van der Waals surface area (Å²) in [5, 5.41) is 0. The summed E-state index contributed by atoms with van der Waals surface area (Å²) in [7, 11) is 0. The van der Waals surface area contributed by atoms with Gasteiger partial charge in [0, 0.05) is 6.04 Å². The average Bonchev–Trinajstić information content (AvgIpc) is 2.03. The number of halogens is 4. The van der Waals surface area contributed by atoms with E-state index in [0.29, 0.717) is 5.56 Å². The molecule has 0 aliphatic rings. The first-order valence-electron chi connectivity index (χ1n) is 3.85. The fraction of sp³-hybridized carbons (Fsp3) is 0.333. The van der Waals surface area contributed by atoms with E-state index < -0.39 is 17.8 Å². The van der Waals surface area contributed by atoms with E-state index in [4.69, 9.17) is 5.73 Å². The lowest BCUT2D eigenvalue weighted by Gasteiger charge is -2.07. The molecule has 14 heavy (non-hydrogen) atoms. The summed E-state index contributed by atoms with van der Waals surface area (Å²) in [5.41, 5.74) is 5.39. The Bertz CT molecular complexity index is 302. The summed E-state index contributed by atoms with van der Waals surface area (Å²) >= 11 is 0. The predicted octanol–water partition coefficient (Wildman–Crippen LogP) is 3.20. The minimum atomic E-state index is -2.78. The highest BCUT2D eigenvalue weighted by Gasteiger charge is 2.13. The van der Waals surface area contributed by atoms with E-state index in [0.717, 1.165) is 12.1 Å². The molecular formula is C9H11ClF3N. The molecule has 0 radical (unpaired) electrons. The Morgan fingerprint density at radius 2 is 1.86 bits per heavy atom. The van der Waals surface area contributed by atoms with E-state index in [-0.39, 0.29) is 18.4 Å². The number of alkyl halides is 2. The Hall–Kier alpha value is -0.740. The number of benzene rings is 1. The van der Waals surface area contributed by atoms with Gasteiger partial charge in [0.2, 0.25) is 0 Å². The van der Waals surface area contributed by atoms with Crippen molar-refractivity contribution < 1.29 is 13.2 Å². The van der Waals surface area contributed by atoms with Gasteiger partial charge in [0.15, 0.2) is 0 Å². The van der Waals surface area contributed by atoms with Gasteiger partial charge >= 0.3 is 0 Å². The van der Waals surface area contributed by atoms with Gasteiger partial charge < -0.3 is 5.73 Å². The van der Waals surface area contributed by atoms with Crippen LogP contribution < -0.4 is 5.73 Å². The van der Waals surface area contributed by atoms with Gasteiger partial charge in [-0.3, -0.25) is 0 Å². The molecule has 1 rings (SSSR count). The monoisotopic (exact) mass is 225 g/mol. The Balaban J connectivity index is 0.00000169. The Morgan fingerprint density at radius 1 is 1.29 bits per heavy atom. The topological polar surface area (TPSA) is 26.0 Å². The molecule has 1 atom stereocenters. The van der Waals surface area contributed by atoms with Gasteiger partial charge in [-0.25, -0.2) is 13.2 Å². The van der Waals surface area contributed by atoms with Gasteiger partial charge in [-0.05, 0) is 18.6 Å². The molecule has 0 fully saturated rings. The Labute approximate surface area is 86.5 Å². The smallest absolute Gasteiger partial charge is 0.266 e. The fourth-order valence-corrected chi connectivity index (χ4v) is 1.00. The molecule has 2 N–H and O–H groups in total. The van der Waals surface area contributed by atoms with E-state index >= 15 is 0 Å². The van der Waals surface area contributed by atoms with Crippen LogP contribution in [0.3, 0.4) is 0 Å². The van der Waals surface area contributed by atoms with Gasteiger partial charge in [-0.2, -0.15) is 0 Å². The van der Waals surface area contributed by atoms with E-state index in [1.165, 1.54) is 6.07 Å². The van der Waals surface area contributed by atoms with Crippen LogP contribution in [0.2, 0.25) is 0 Å². The summed E-state index contributed by atoms with van der Waals surface area (Å²) < 4.78 is 37.1. The summed E-state index contributed by atoms with van der Waals surface area (Å²) in [6.07, 6.45) is -2.78. The molecule has 1 nitrogen and oxygen atoms in total. The molecule has 0 aliphatic carbocycles. The maximum atomic E-state index is 12.9. The van der Waals surface area contributed by atoms with Crippen molar-refractivity contribution in [1.82, 2.24) is 0 Å². The zero-order valence-electron chi connectivity index (χ0n) is 7.51. The second-order valence-corrected chi connectivity index (χ2v) is 2.87. The molecule has 5 heteroatoms. The van der Waals surface area contributed by atoms with Crippen LogP contribution in [-0.2, 0) is 0 Å². The van der Waals surface area contributed by atoms with Crippen molar-refractivity contribution in [3.8, 4) is 0 Å². The summed E-state index contributed by atoms with van der Waals surface area (Å²) in [4.78, 5) is 0. The maximum absolute atomic E-state index is 12.9. The largest absolute Gasteiger partial charge is 0.324 e. The lowest BCUT2D eigenvalue weighted by Crippen LogP contribution is -2.06. The van der Waals surface area contributed by atoms with Crippen LogP contribution >= 0.6 is 12.4 Å². The number of hydrogen-bond acceptors (Lipinski definition) is 1. The molecule has 0 aliphatic heterocycles. The lowest BCUT2D eigenvalue weighted by atomic mass is 10.1. The molecule has 0 saturated heterocycles. The predicted molar refractivity (Wildman–Crippen MR) is 51.2 cm³/mol. The SMILES string of the molecule is C[C@@H](N)c1ccc(C(F)F)c(F)c1.Cl. The molecule has 0 spiro atoms.